The number of carbonyl (C=O) groups is 1. The summed E-state index contributed by atoms with van der Waals surface area (Å²) in [7, 11) is 0. The first-order valence-corrected chi connectivity index (χ1v) is 6.15. The Labute approximate surface area is 121 Å². The molecular formula is C14H12N6O. The van der Waals surface area contributed by atoms with E-state index >= 15 is 0 Å². The maximum absolute atomic E-state index is 12.0. The minimum Gasteiger partial charge on any atom is -0.335 e. The zero-order valence-corrected chi connectivity index (χ0v) is 11.1. The van der Waals surface area contributed by atoms with E-state index < -0.39 is 0 Å². The van der Waals surface area contributed by atoms with E-state index in [0.29, 0.717) is 18.8 Å². The molecule has 21 heavy (non-hydrogen) atoms. The van der Waals surface area contributed by atoms with Crippen molar-refractivity contribution >= 4 is 11.6 Å². The van der Waals surface area contributed by atoms with E-state index in [1.165, 1.54) is 18.5 Å². The molecule has 3 N–H and O–H groups in total. The minimum absolute atomic E-state index is 0.212. The van der Waals surface area contributed by atoms with Crippen LogP contribution in [-0.4, -0.2) is 22.0 Å². The standard InChI is InChI=1S/C14H12N6O/c15-3-4-20-8-13(18-9-20)14(21)19-12-2-1-10(6-16)11(5-12)7-17/h1-2,5,8-9H,3-4,15H2,(H,19,21). The van der Waals surface area contributed by atoms with Gasteiger partial charge in [-0.05, 0) is 18.2 Å². The molecule has 0 spiro atoms. The third-order valence-electron chi connectivity index (χ3n) is 2.77. The maximum atomic E-state index is 12.0. The van der Waals surface area contributed by atoms with Crippen molar-refractivity contribution in [1.29, 1.82) is 10.5 Å². The Morgan fingerprint density at radius 2 is 2.10 bits per heavy atom. The summed E-state index contributed by atoms with van der Waals surface area (Å²) in [4.78, 5) is 16.0. The monoisotopic (exact) mass is 280 g/mol. The Bertz CT molecular complexity index is 750. The second kappa shape index (κ2) is 6.33. The number of nitrogens with one attached hydrogen (secondary N) is 1. The SMILES string of the molecule is N#Cc1ccc(NC(=O)c2cn(CCN)cn2)cc1C#N. The Balaban J connectivity index is 2.16. The van der Waals surface area contributed by atoms with Gasteiger partial charge in [0, 0.05) is 25.0 Å². The minimum atomic E-state index is -0.389. The lowest BCUT2D eigenvalue weighted by atomic mass is 10.1. The van der Waals surface area contributed by atoms with Crippen LogP contribution in [-0.2, 0) is 6.54 Å². The van der Waals surface area contributed by atoms with Crippen LogP contribution in [0.5, 0.6) is 0 Å². The molecule has 1 heterocycles. The summed E-state index contributed by atoms with van der Waals surface area (Å²) in [6.07, 6.45) is 3.12. The lowest BCUT2D eigenvalue weighted by molar-refractivity contribution is 0.102. The van der Waals surface area contributed by atoms with Gasteiger partial charge in [-0.1, -0.05) is 0 Å². The van der Waals surface area contributed by atoms with Gasteiger partial charge in [-0.3, -0.25) is 4.79 Å². The first kappa shape index (κ1) is 14.3. The number of nitriles is 2. The number of carbonyl (C=O) groups excluding carboxylic acids is 1. The van der Waals surface area contributed by atoms with Gasteiger partial charge in [0.2, 0.25) is 0 Å². The molecule has 104 valence electrons. The highest BCUT2D eigenvalue weighted by Gasteiger charge is 2.11. The van der Waals surface area contributed by atoms with Gasteiger partial charge < -0.3 is 15.6 Å². The van der Waals surface area contributed by atoms with Crippen molar-refractivity contribution in [3.63, 3.8) is 0 Å². The molecule has 0 saturated heterocycles. The smallest absolute Gasteiger partial charge is 0.275 e. The van der Waals surface area contributed by atoms with Gasteiger partial charge >= 0.3 is 0 Å². The van der Waals surface area contributed by atoms with Gasteiger partial charge in [-0.15, -0.1) is 0 Å². The molecule has 1 aromatic heterocycles. The number of rotatable bonds is 4. The van der Waals surface area contributed by atoms with Crippen LogP contribution in [0.1, 0.15) is 21.6 Å². The van der Waals surface area contributed by atoms with Gasteiger partial charge in [-0.2, -0.15) is 10.5 Å². The van der Waals surface area contributed by atoms with Gasteiger partial charge in [0.25, 0.3) is 5.91 Å². The Morgan fingerprint density at radius 1 is 1.33 bits per heavy atom. The van der Waals surface area contributed by atoms with E-state index in [9.17, 15) is 4.79 Å². The van der Waals surface area contributed by atoms with E-state index in [2.05, 4.69) is 10.3 Å². The molecule has 0 fully saturated rings. The lowest BCUT2D eigenvalue weighted by Gasteiger charge is -2.04. The highest BCUT2D eigenvalue weighted by Crippen LogP contribution is 2.15. The quantitative estimate of drug-likeness (QED) is 0.859. The Morgan fingerprint density at radius 3 is 2.76 bits per heavy atom. The van der Waals surface area contributed by atoms with Crippen LogP contribution in [0, 0.1) is 22.7 Å². The zero-order chi connectivity index (χ0) is 15.2. The Kier molecular flexibility index (Phi) is 4.30. The number of nitrogens with two attached hydrogens (primary N) is 1. The predicted molar refractivity (Wildman–Crippen MR) is 75.1 cm³/mol. The van der Waals surface area contributed by atoms with Crippen molar-refractivity contribution in [3.8, 4) is 12.1 Å². The number of hydrogen-bond acceptors (Lipinski definition) is 5. The normalized spacial score (nSPS) is 9.67. The fourth-order valence-electron chi connectivity index (χ4n) is 1.76. The van der Waals surface area contributed by atoms with Crippen molar-refractivity contribution in [3.05, 3.63) is 47.5 Å². The molecule has 7 heteroatoms. The largest absolute Gasteiger partial charge is 0.335 e. The summed E-state index contributed by atoms with van der Waals surface area (Å²) in [5.41, 5.74) is 6.59. The van der Waals surface area contributed by atoms with E-state index in [-0.39, 0.29) is 22.7 Å². The van der Waals surface area contributed by atoms with Crippen LogP contribution in [0.4, 0.5) is 5.69 Å². The summed E-state index contributed by atoms with van der Waals surface area (Å²) < 4.78 is 1.72. The number of imidazole rings is 1. The van der Waals surface area contributed by atoms with Crippen molar-refractivity contribution in [2.24, 2.45) is 5.73 Å². The number of nitrogens with zero attached hydrogens (tertiary/aromatic N) is 4. The van der Waals surface area contributed by atoms with E-state index in [1.54, 1.807) is 16.8 Å². The van der Waals surface area contributed by atoms with Gasteiger partial charge in [-0.25, -0.2) is 4.98 Å². The number of amides is 1. The van der Waals surface area contributed by atoms with Gasteiger partial charge in [0.15, 0.2) is 0 Å². The molecule has 0 bridgehead atoms. The van der Waals surface area contributed by atoms with Crippen LogP contribution < -0.4 is 11.1 Å². The average Bonchev–Trinajstić information content (AvgIpc) is 2.96. The van der Waals surface area contributed by atoms with Crippen LogP contribution >= 0.6 is 0 Å². The lowest BCUT2D eigenvalue weighted by Crippen LogP contribution is -2.13. The van der Waals surface area contributed by atoms with E-state index in [4.69, 9.17) is 16.3 Å². The predicted octanol–water partition coefficient (Wildman–Crippen LogP) is 0.837. The first-order chi connectivity index (χ1) is 10.2. The molecule has 0 aliphatic rings. The fraction of sp³-hybridized carbons (Fsp3) is 0.143. The fourth-order valence-corrected chi connectivity index (χ4v) is 1.76. The van der Waals surface area contributed by atoms with Crippen molar-refractivity contribution < 1.29 is 4.79 Å². The Hall–Kier alpha value is -3.16. The van der Waals surface area contributed by atoms with Crippen LogP contribution in [0.3, 0.4) is 0 Å². The number of aromatic nitrogens is 2. The van der Waals surface area contributed by atoms with Crippen molar-refractivity contribution in [1.82, 2.24) is 9.55 Å². The highest BCUT2D eigenvalue weighted by atomic mass is 16.1. The van der Waals surface area contributed by atoms with Crippen molar-refractivity contribution in [2.45, 2.75) is 6.54 Å². The second-order valence-corrected chi connectivity index (χ2v) is 4.22. The molecule has 1 amide bonds. The third-order valence-corrected chi connectivity index (χ3v) is 2.77. The molecule has 0 aliphatic carbocycles. The first-order valence-electron chi connectivity index (χ1n) is 6.15. The number of anilines is 1. The zero-order valence-electron chi connectivity index (χ0n) is 11.1. The molecule has 1 aromatic carbocycles. The van der Waals surface area contributed by atoms with Gasteiger partial charge in [0.1, 0.15) is 17.8 Å². The molecule has 2 aromatic rings. The average molecular weight is 280 g/mol. The molecule has 0 aliphatic heterocycles. The molecule has 0 unspecified atom stereocenters. The summed E-state index contributed by atoms with van der Waals surface area (Å²) in [5.74, 6) is -0.389. The summed E-state index contributed by atoms with van der Waals surface area (Å²) in [6, 6.07) is 8.33. The van der Waals surface area contributed by atoms with Crippen LogP contribution in [0.15, 0.2) is 30.7 Å². The number of hydrogen-bond donors (Lipinski definition) is 2. The second-order valence-electron chi connectivity index (χ2n) is 4.22. The summed E-state index contributed by atoms with van der Waals surface area (Å²) >= 11 is 0. The van der Waals surface area contributed by atoms with Crippen LogP contribution in [0.2, 0.25) is 0 Å². The molecular weight excluding hydrogens is 268 g/mol. The molecule has 0 atom stereocenters. The topological polar surface area (TPSA) is 121 Å². The molecule has 2 rings (SSSR count). The maximum Gasteiger partial charge on any atom is 0.275 e. The van der Waals surface area contributed by atoms with Crippen molar-refractivity contribution in [2.75, 3.05) is 11.9 Å². The number of benzene rings is 1. The summed E-state index contributed by atoms with van der Waals surface area (Å²) in [5, 5.41) is 20.4. The van der Waals surface area contributed by atoms with E-state index in [1.807, 2.05) is 12.1 Å². The molecule has 0 radical (unpaired) electrons. The molecule has 0 saturated carbocycles. The van der Waals surface area contributed by atoms with Crippen LogP contribution in [0.25, 0.3) is 0 Å². The third kappa shape index (κ3) is 3.24. The summed E-state index contributed by atoms with van der Waals surface area (Å²) in [6.45, 7) is 1.04. The molecule has 7 nitrogen and oxygen atoms in total. The van der Waals surface area contributed by atoms with Gasteiger partial charge in [0.05, 0.1) is 17.5 Å². The van der Waals surface area contributed by atoms with E-state index in [0.717, 1.165) is 0 Å². The highest BCUT2D eigenvalue weighted by molar-refractivity contribution is 6.02.